The summed E-state index contributed by atoms with van der Waals surface area (Å²) in [5, 5.41) is 16.3. The number of morpholine rings is 1. The summed E-state index contributed by atoms with van der Waals surface area (Å²) in [7, 11) is 0. The number of benzene rings is 2. The van der Waals surface area contributed by atoms with Gasteiger partial charge in [-0.15, -0.1) is 0 Å². The molecule has 1 heterocycles. The second-order valence-corrected chi connectivity index (χ2v) is 9.59. The van der Waals surface area contributed by atoms with E-state index >= 15 is 0 Å². The van der Waals surface area contributed by atoms with Gasteiger partial charge in [-0.25, -0.2) is 4.79 Å². The van der Waals surface area contributed by atoms with Crippen molar-refractivity contribution in [3.8, 4) is 5.75 Å². The van der Waals surface area contributed by atoms with Crippen LogP contribution in [-0.4, -0.2) is 78.8 Å². The van der Waals surface area contributed by atoms with Crippen LogP contribution in [0, 0.1) is 0 Å². The lowest BCUT2D eigenvalue weighted by Crippen LogP contribution is -2.54. The van der Waals surface area contributed by atoms with Crippen molar-refractivity contribution in [3.63, 3.8) is 0 Å². The summed E-state index contributed by atoms with van der Waals surface area (Å²) in [4.78, 5) is 40.4. The van der Waals surface area contributed by atoms with Crippen molar-refractivity contribution in [2.45, 2.75) is 50.7 Å². The van der Waals surface area contributed by atoms with Crippen molar-refractivity contribution in [1.82, 2.24) is 15.5 Å². The first kappa shape index (κ1) is 27.6. The van der Waals surface area contributed by atoms with E-state index in [4.69, 9.17) is 14.2 Å². The molecule has 2 fully saturated rings. The molecule has 2 aromatic carbocycles. The minimum atomic E-state index is -1.39. The zero-order valence-corrected chi connectivity index (χ0v) is 21.5. The summed E-state index contributed by atoms with van der Waals surface area (Å²) < 4.78 is 16.5. The van der Waals surface area contributed by atoms with E-state index in [1.807, 2.05) is 35.2 Å². The second-order valence-electron chi connectivity index (χ2n) is 9.59. The first-order valence-electron chi connectivity index (χ1n) is 12.9. The number of ether oxygens (including phenoxy) is 3. The molecule has 3 N–H and O–H groups in total. The molecule has 3 atom stereocenters. The monoisotopic (exact) mass is 525 g/mol. The lowest BCUT2D eigenvalue weighted by Gasteiger charge is -2.27. The second kappa shape index (κ2) is 13.4. The molecule has 1 saturated heterocycles. The Bertz CT molecular complexity index is 1070. The molecule has 10 nitrogen and oxygen atoms in total. The van der Waals surface area contributed by atoms with E-state index in [0.717, 1.165) is 18.4 Å². The molecule has 38 heavy (non-hydrogen) atoms. The number of nitrogens with zero attached hydrogens (tertiary/aromatic N) is 1. The van der Waals surface area contributed by atoms with Gasteiger partial charge in [0.25, 0.3) is 0 Å². The van der Waals surface area contributed by atoms with Gasteiger partial charge >= 0.3 is 5.97 Å². The number of rotatable bonds is 12. The van der Waals surface area contributed by atoms with Gasteiger partial charge in [0, 0.05) is 13.1 Å². The molecule has 0 unspecified atom stereocenters. The fourth-order valence-corrected chi connectivity index (χ4v) is 3.99. The highest BCUT2D eigenvalue weighted by Crippen LogP contribution is 2.28. The van der Waals surface area contributed by atoms with Crippen LogP contribution in [0.2, 0.25) is 0 Å². The van der Waals surface area contributed by atoms with Crippen LogP contribution in [0.4, 0.5) is 0 Å². The molecular formula is C28H35N3O7. The van der Waals surface area contributed by atoms with Gasteiger partial charge in [0.2, 0.25) is 11.8 Å². The van der Waals surface area contributed by atoms with Crippen LogP contribution in [0.1, 0.15) is 37.0 Å². The molecule has 0 bridgehead atoms. The number of esters is 1. The predicted molar refractivity (Wildman–Crippen MR) is 138 cm³/mol. The van der Waals surface area contributed by atoms with Crippen LogP contribution in [0.15, 0.2) is 54.6 Å². The highest BCUT2D eigenvalue weighted by Gasteiger charge is 2.33. The van der Waals surface area contributed by atoms with E-state index in [1.54, 1.807) is 24.3 Å². The van der Waals surface area contributed by atoms with Gasteiger partial charge in [-0.1, -0.05) is 42.5 Å². The minimum absolute atomic E-state index is 0.0151. The van der Waals surface area contributed by atoms with Gasteiger partial charge in [-0.3, -0.25) is 14.5 Å². The Hall–Kier alpha value is -3.47. The minimum Gasteiger partial charge on any atom is -0.490 e. The number of carbonyl (C=O) groups excluding carboxylic acids is 3. The molecule has 2 amide bonds. The standard InChI is InChI=1S/C28H35N3O7/c1-19(29-24(32)17-31-13-15-36-16-14-31)27(34)30-25(28(35)37-18-20-5-3-2-4-6-20)26(33)21-7-9-22(10-8-21)38-23-11-12-23/h2-10,19,23,25-26,33H,11-18H2,1H3,(H,29,32)(H,30,34)/t19-,25-,26+/m0/s1. The van der Waals surface area contributed by atoms with E-state index in [1.165, 1.54) is 6.92 Å². The van der Waals surface area contributed by atoms with Crippen LogP contribution in [0.25, 0.3) is 0 Å². The fraction of sp³-hybridized carbons (Fsp3) is 0.464. The predicted octanol–water partition coefficient (Wildman–Crippen LogP) is 1.33. The third-order valence-corrected chi connectivity index (χ3v) is 6.38. The van der Waals surface area contributed by atoms with E-state index in [0.29, 0.717) is 37.6 Å². The van der Waals surface area contributed by atoms with Crippen LogP contribution >= 0.6 is 0 Å². The smallest absolute Gasteiger partial charge is 0.332 e. The Labute approximate surface area is 222 Å². The van der Waals surface area contributed by atoms with Crippen molar-refractivity contribution < 1.29 is 33.7 Å². The molecule has 4 rings (SSSR count). The number of nitrogens with one attached hydrogen (secondary N) is 2. The topological polar surface area (TPSA) is 126 Å². The van der Waals surface area contributed by atoms with Crippen molar-refractivity contribution in [3.05, 3.63) is 65.7 Å². The molecule has 1 aliphatic carbocycles. The fourth-order valence-electron chi connectivity index (χ4n) is 3.99. The lowest BCUT2D eigenvalue weighted by molar-refractivity contribution is -0.153. The number of hydrogen-bond donors (Lipinski definition) is 3. The first-order valence-corrected chi connectivity index (χ1v) is 12.9. The molecule has 0 radical (unpaired) electrons. The molecule has 204 valence electrons. The van der Waals surface area contributed by atoms with Crippen molar-refractivity contribution >= 4 is 17.8 Å². The summed E-state index contributed by atoms with van der Waals surface area (Å²) in [6.45, 7) is 4.04. The Morgan fingerprint density at radius 3 is 2.37 bits per heavy atom. The van der Waals surface area contributed by atoms with E-state index in [9.17, 15) is 19.5 Å². The Morgan fingerprint density at radius 2 is 1.71 bits per heavy atom. The summed E-state index contributed by atoms with van der Waals surface area (Å²) >= 11 is 0. The molecule has 2 aromatic rings. The molecular weight excluding hydrogens is 490 g/mol. The molecule has 0 spiro atoms. The van der Waals surface area contributed by atoms with Crippen molar-refractivity contribution in [2.24, 2.45) is 0 Å². The van der Waals surface area contributed by atoms with Gasteiger partial charge in [0.15, 0.2) is 6.04 Å². The maximum absolute atomic E-state index is 13.1. The largest absolute Gasteiger partial charge is 0.490 e. The molecule has 2 aliphatic rings. The highest BCUT2D eigenvalue weighted by molar-refractivity contribution is 5.91. The number of amides is 2. The van der Waals surface area contributed by atoms with Crippen LogP contribution in [0.3, 0.4) is 0 Å². The van der Waals surface area contributed by atoms with Gasteiger partial charge in [-0.05, 0) is 43.0 Å². The summed E-state index contributed by atoms with van der Waals surface area (Å²) in [5.41, 5.74) is 1.19. The van der Waals surface area contributed by atoms with E-state index in [-0.39, 0.29) is 25.2 Å². The molecule has 1 aliphatic heterocycles. The van der Waals surface area contributed by atoms with Crippen molar-refractivity contribution in [2.75, 3.05) is 32.8 Å². The SMILES string of the molecule is C[C@H](NC(=O)CN1CCOCC1)C(=O)N[C@H](C(=O)OCc1ccccc1)[C@H](O)c1ccc(OC2CC2)cc1. The Kier molecular flexibility index (Phi) is 9.69. The van der Waals surface area contributed by atoms with Crippen LogP contribution in [-0.2, 0) is 30.5 Å². The Morgan fingerprint density at radius 1 is 1.03 bits per heavy atom. The normalized spacial score (nSPS) is 18.1. The van der Waals surface area contributed by atoms with E-state index < -0.39 is 30.1 Å². The molecule has 10 heteroatoms. The maximum Gasteiger partial charge on any atom is 0.332 e. The zero-order valence-electron chi connectivity index (χ0n) is 21.5. The molecule has 1 saturated carbocycles. The average Bonchev–Trinajstić information content (AvgIpc) is 3.75. The lowest BCUT2D eigenvalue weighted by atomic mass is 10.0. The van der Waals surface area contributed by atoms with E-state index in [2.05, 4.69) is 10.6 Å². The first-order chi connectivity index (χ1) is 18.4. The van der Waals surface area contributed by atoms with Gasteiger partial charge in [0.1, 0.15) is 24.5 Å². The number of carbonyl (C=O) groups is 3. The van der Waals surface area contributed by atoms with Crippen LogP contribution < -0.4 is 15.4 Å². The number of hydrogen-bond acceptors (Lipinski definition) is 8. The average molecular weight is 526 g/mol. The third-order valence-electron chi connectivity index (χ3n) is 6.38. The highest BCUT2D eigenvalue weighted by atomic mass is 16.5. The van der Waals surface area contributed by atoms with Crippen LogP contribution in [0.5, 0.6) is 5.75 Å². The van der Waals surface area contributed by atoms with Gasteiger partial charge in [0.05, 0.1) is 25.9 Å². The summed E-state index contributed by atoms with van der Waals surface area (Å²) in [6, 6.07) is 13.5. The third kappa shape index (κ3) is 8.27. The number of aliphatic hydroxyl groups is 1. The Balaban J connectivity index is 1.39. The van der Waals surface area contributed by atoms with Gasteiger partial charge in [-0.2, -0.15) is 0 Å². The summed E-state index contributed by atoms with van der Waals surface area (Å²) in [6.07, 6.45) is 0.888. The summed E-state index contributed by atoms with van der Waals surface area (Å²) in [5.74, 6) is -1.05. The quantitative estimate of drug-likeness (QED) is 0.355. The zero-order chi connectivity index (χ0) is 26.9. The van der Waals surface area contributed by atoms with Gasteiger partial charge < -0.3 is 30.0 Å². The maximum atomic E-state index is 13.1. The number of aliphatic hydroxyl groups excluding tert-OH is 1. The molecule has 0 aromatic heterocycles. The van der Waals surface area contributed by atoms with Crippen molar-refractivity contribution in [1.29, 1.82) is 0 Å².